The summed E-state index contributed by atoms with van der Waals surface area (Å²) in [5, 5.41) is 3.76. The highest BCUT2D eigenvalue weighted by molar-refractivity contribution is 14.1. The van der Waals surface area contributed by atoms with Crippen LogP contribution in [0, 0.1) is 14.1 Å². The number of carbonyl (C=O) groups excluding carboxylic acids is 1. The summed E-state index contributed by atoms with van der Waals surface area (Å²) < 4.78 is 7.91. The van der Waals surface area contributed by atoms with Gasteiger partial charge in [0.15, 0.2) is 0 Å². The normalized spacial score (nSPS) is 10.7. The number of hydrogen-bond donors (Lipinski definition) is 2. The van der Waals surface area contributed by atoms with Crippen LogP contribution in [0.2, 0.25) is 0 Å². The number of primary amides is 1. The van der Waals surface area contributed by atoms with E-state index in [-0.39, 0.29) is 0 Å². The molecule has 0 unspecified atom stereocenters. The summed E-state index contributed by atoms with van der Waals surface area (Å²) >= 11 is 4.45. The number of amides is 2. The molecule has 2 rings (SSSR count). The molecule has 120 valence electrons. The van der Waals surface area contributed by atoms with Crippen LogP contribution < -0.4 is 15.9 Å². The fourth-order valence-electron chi connectivity index (χ4n) is 1.92. The van der Waals surface area contributed by atoms with Crippen molar-refractivity contribution in [3.05, 3.63) is 60.2 Å². The van der Waals surface area contributed by atoms with E-state index in [1.807, 2.05) is 24.3 Å². The van der Waals surface area contributed by atoms with E-state index in [0.29, 0.717) is 6.61 Å². The molecule has 0 saturated carbocycles. The highest BCUT2D eigenvalue weighted by Crippen LogP contribution is 2.29. The predicted octanol–water partition coefficient (Wildman–Crippen LogP) is 3.79. The van der Waals surface area contributed by atoms with Gasteiger partial charge in [-0.2, -0.15) is 5.10 Å². The fraction of sp³-hybridized carbons (Fsp3) is 0.125. The van der Waals surface area contributed by atoms with E-state index in [1.54, 1.807) is 6.21 Å². The Bertz CT molecular complexity index is 725. The Kier molecular flexibility index (Phi) is 6.63. The Morgan fingerprint density at radius 2 is 2.00 bits per heavy atom. The average Bonchev–Trinajstić information content (AvgIpc) is 2.46. The Labute approximate surface area is 162 Å². The smallest absolute Gasteiger partial charge is 0.332 e. The molecule has 0 radical (unpaired) electrons. The second-order valence-electron chi connectivity index (χ2n) is 4.83. The maximum absolute atomic E-state index is 10.6. The summed E-state index contributed by atoms with van der Waals surface area (Å²) in [5.41, 5.74) is 10.3. The molecule has 0 aliphatic carbocycles. The van der Waals surface area contributed by atoms with Gasteiger partial charge in [0.1, 0.15) is 12.4 Å². The number of nitrogens with zero attached hydrogens (tertiary/aromatic N) is 1. The van der Waals surface area contributed by atoms with Gasteiger partial charge in [-0.3, -0.25) is 0 Å². The van der Waals surface area contributed by atoms with Crippen molar-refractivity contribution in [1.82, 2.24) is 5.43 Å². The Morgan fingerprint density at radius 1 is 1.30 bits per heavy atom. The van der Waals surface area contributed by atoms with Crippen LogP contribution in [-0.4, -0.2) is 12.2 Å². The number of hydrazone groups is 1. The van der Waals surface area contributed by atoms with Crippen LogP contribution in [0.25, 0.3) is 0 Å². The summed E-state index contributed by atoms with van der Waals surface area (Å²) in [4.78, 5) is 10.6. The van der Waals surface area contributed by atoms with Crippen LogP contribution >= 0.6 is 45.2 Å². The number of hydrogen-bond acceptors (Lipinski definition) is 3. The van der Waals surface area contributed by atoms with Crippen molar-refractivity contribution in [3.63, 3.8) is 0 Å². The van der Waals surface area contributed by atoms with Crippen molar-refractivity contribution in [3.8, 4) is 5.75 Å². The Hall–Kier alpha value is -1.36. The van der Waals surface area contributed by atoms with E-state index in [1.165, 1.54) is 5.56 Å². The lowest BCUT2D eigenvalue weighted by molar-refractivity contribution is 0.249. The molecule has 0 heterocycles. The van der Waals surface area contributed by atoms with Gasteiger partial charge in [-0.05, 0) is 75.4 Å². The van der Waals surface area contributed by atoms with Gasteiger partial charge in [-0.25, -0.2) is 10.2 Å². The molecule has 3 N–H and O–H groups in total. The van der Waals surface area contributed by atoms with Gasteiger partial charge in [0.25, 0.3) is 0 Å². The van der Waals surface area contributed by atoms with E-state index in [0.717, 1.165) is 24.0 Å². The van der Waals surface area contributed by atoms with Gasteiger partial charge >= 0.3 is 6.03 Å². The minimum atomic E-state index is -0.691. The van der Waals surface area contributed by atoms with Crippen molar-refractivity contribution < 1.29 is 9.53 Å². The minimum Gasteiger partial charge on any atom is -0.487 e. The van der Waals surface area contributed by atoms with Crippen molar-refractivity contribution in [2.75, 3.05) is 0 Å². The molecule has 23 heavy (non-hydrogen) atoms. The number of halogens is 2. The molecule has 2 aromatic rings. The zero-order chi connectivity index (χ0) is 16.8. The highest BCUT2D eigenvalue weighted by atomic mass is 127. The third-order valence-electron chi connectivity index (χ3n) is 2.87. The molecule has 0 aromatic heterocycles. The van der Waals surface area contributed by atoms with Gasteiger partial charge in [-0.15, -0.1) is 0 Å². The lowest BCUT2D eigenvalue weighted by Gasteiger charge is -2.11. The fourth-order valence-corrected chi connectivity index (χ4v) is 4.05. The van der Waals surface area contributed by atoms with Gasteiger partial charge in [0, 0.05) is 0 Å². The molecule has 0 fully saturated rings. The SMILES string of the molecule is Cc1cccc(COc2c(I)cc(/C=N\NC(N)=O)cc2I)c1. The van der Waals surface area contributed by atoms with Gasteiger partial charge < -0.3 is 10.5 Å². The van der Waals surface area contributed by atoms with Crippen LogP contribution in [0.5, 0.6) is 5.75 Å². The quantitative estimate of drug-likeness (QED) is 0.348. The third-order valence-corrected chi connectivity index (χ3v) is 4.48. The summed E-state index contributed by atoms with van der Waals surface area (Å²) in [7, 11) is 0. The van der Waals surface area contributed by atoms with Gasteiger partial charge in [0.05, 0.1) is 13.4 Å². The van der Waals surface area contributed by atoms with Crippen molar-refractivity contribution >= 4 is 57.4 Å². The summed E-state index contributed by atoms with van der Waals surface area (Å²) in [5.74, 6) is 0.840. The molecular weight excluding hydrogens is 520 g/mol. The summed E-state index contributed by atoms with van der Waals surface area (Å²) in [6.45, 7) is 2.58. The Morgan fingerprint density at radius 3 is 2.61 bits per heavy atom. The topological polar surface area (TPSA) is 76.7 Å². The first kappa shape index (κ1) is 18.0. The van der Waals surface area contributed by atoms with E-state index >= 15 is 0 Å². The van der Waals surface area contributed by atoms with Crippen molar-refractivity contribution in [1.29, 1.82) is 0 Å². The number of nitrogens with one attached hydrogen (secondary N) is 1. The van der Waals surface area contributed by atoms with E-state index in [4.69, 9.17) is 10.5 Å². The maximum Gasteiger partial charge on any atom is 0.332 e. The molecule has 0 atom stereocenters. The molecule has 0 spiro atoms. The van der Waals surface area contributed by atoms with Gasteiger partial charge in [0.2, 0.25) is 0 Å². The monoisotopic (exact) mass is 535 g/mol. The number of ether oxygens (including phenoxy) is 1. The lowest BCUT2D eigenvalue weighted by Crippen LogP contribution is -2.24. The Balaban J connectivity index is 2.11. The number of benzene rings is 2. The molecule has 0 aliphatic heterocycles. The number of urea groups is 1. The molecule has 2 aromatic carbocycles. The minimum absolute atomic E-state index is 0.518. The number of nitrogens with two attached hydrogens (primary N) is 1. The molecule has 2 amide bonds. The average molecular weight is 535 g/mol. The largest absolute Gasteiger partial charge is 0.487 e. The van der Waals surface area contributed by atoms with Crippen LogP contribution in [0.4, 0.5) is 4.79 Å². The first-order valence-electron chi connectivity index (χ1n) is 6.71. The molecule has 7 heteroatoms. The number of aryl methyl sites for hydroxylation is 1. The number of carbonyl (C=O) groups is 1. The molecule has 0 saturated heterocycles. The second kappa shape index (κ2) is 8.48. The highest BCUT2D eigenvalue weighted by Gasteiger charge is 2.09. The first-order valence-corrected chi connectivity index (χ1v) is 8.87. The standard InChI is InChI=1S/C16H15I2N3O2/c1-10-3-2-4-11(5-10)9-23-15-13(17)6-12(7-14(15)18)8-20-21-16(19)22/h2-8H,9H2,1H3,(H3,19,21,22)/b20-8-. The van der Waals surface area contributed by atoms with E-state index in [2.05, 4.69) is 74.8 Å². The molecule has 5 nitrogen and oxygen atoms in total. The summed E-state index contributed by atoms with van der Waals surface area (Å²) in [6, 6.07) is 11.4. The van der Waals surface area contributed by atoms with Crippen LogP contribution in [-0.2, 0) is 6.61 Å². The molecule has 0 bridgehead atoms. The molecule has 0 aliphatic rings. The zero-order valence-corrected chi connectivity index (χ0v) is 16.7. The van der Waals surface area contributed by atoms with Crippen LogP contribution in [0.1, 0.15) is 16.7 Å². The van der Waals surface area contributed by atoms with Crippen molar-refractivity contribution in [2.45, 2.75) is 13.5 Å². The lowest BCUT2D eigenvalue weighted by atomic mass is 10.1. The van der Waals surface area contributed by atoms with E-state index < -0.39 is 6.03 Å². The first-order chi connectivity index (χ1) is 11.0. The molecular formula is C16H15I2N3O2. The van der Waals surface area contributed by atoms with E-state index in [9.17, 15) is 4.79 Å². The van der Waals surface area contributed by atoms with Gasteiger partial charge in [-0.1, -0.05) is 29.8 Å². The predicted molar refractivity (Wildman–Crippen MR) is 108 cm³/mol. The third kappa shape index (κ3) is 5.65. The van der Waals surface area contributed by atoms with Crippen LogP contribution in [0.3, 0.4) is 0 Å². The number of rotatable bonds is 5. The zero-order valence-electron chi connectivity index (χ0n) is 12.3. The summed E-state index contributed by atoms with van der Waals surface area (Å²) in [6.07, 6.45) is 1.54. The maximum atomic E-state index is 10.6. The second-order valence-corrected chi connectivity index (χ2v) is 7.15. The van der Waals surface area contributed by atoms with Crippen molar-refractivity contribution in [2.24, 2.45) is 10.8 Å². The van der Waals surface area contributed by atoms with Crippen LogP contribution in [0.15, 0.2) is 41.5 Å².